The SMILES string of the molecule is CN(c1nc(=O)[nH]c2c(F)c(-c3ccc(F)c4sc(NC(=O)OC(C)(C)C)c(C#N)c34)ncc12)C1CCN(C(=O)OC(C)(C)C)C1.C[C@@]12CCCN1CC(F)C2. The van der Waals surface area contributed by atoms with E-state index < -0.39 is 46.9 Å². The van der Waals surface area contributed by atoms with Gasteiger partial charge in [-0.1, -0.05) is 0 Å². The molecule has 7 rings (SSSR count). The van der Waals surface area contributed by atoms with E-state index in [9.17, 15) is 24.0 Å². The lowest BCUT2D eigenvalue weighted by molar-refractivity contribution is 0.0292. The lowest BCUT2D eigenvalue weighted by Gasteiger charge is -2.27. The van der Waals surface area contributed by atoms with Crippen molar-refractivity contribution < 1.29 is 32.2 Å². The van der Waals surface area contributed by atoms with Gasteiger partial charge in [0.15, 0.2) is 5.82 Å². The average molecular weight is 797 g/mol. The van der Waals surface area contributed by atoms with Crippen LogP contribution in [-0.4, -0.2) is 99.1 Å². The summed E-state index contributed by atoms with van der Waals surface area (Å²) in [5.74, 6) is -1.44. The zero-order chi connectivity index (χ0) is 40.9. The molecule has 0 aliphatic carbocycles. The van der Waals surface area contributed by atoms with E-state index in [1.54, 1.807) is 58.4 Å². The molecular weight excluding hydrogens is 750 g/mol. The Kier molecular flexibility index (Phi) is 11.0. The van der Waals surface area contributed by atoms with Crippen LogP contribution in [0.15, 0.2) is 23.1 Å². The maximum atomic E-state index is 16.3. The molecular formula is C39H47F3N8O5S. The molecule has 56 heavy (non-hydrogen) atoms. The first-order chi connectivity index (χ1) is 26.2. The van der Waals surface area contributed by atoms with Gasteiger partial charge >= 0.3 is 17.9 Å². The quantitative estimate of drug-likeness (QED) is 0.210. The summed E-state index contributed by atoms with van der Waals surface area (Å²) >= 11 is 0.805. The molecule has 3 saturated heterocycles. The van der Waals surface area contributed by atoms with Crippen LogP contribution in [0.25, 0.3) is 32.2 Å². The number of likely N-dealkylation sites (N-methyl/N-ethyl adjacent to an activating group) is 1. The Bertz CT molecular complexity index is 2280. The van der Waals surface area contributed by atoms with E-state index >= 15 is 8.78 Å². The van der Waals surface area contributed by atoms with E-state index in [4.69, 9.17) is 9.47 Å². The number of carbonyl (C=O) groups is 2. The molecule has 2 amide bonds. The first kappa shape index (κ1) is 40.7. The van der Waals surface area contributed by atoms with Gasteiger partial charge in [-0.05, 0) is 92.8 Å². The molecule has 0 radical (unpaired) electrons. The Labute approximate surface area is 326 Å². The van der Waals surface area contributed by atoms with Gasteiger partial charge in [-0.15, -0.1) is 11.3 Å². The highest BCUT2D eigenvalue weighted by molar-refractivity contribution is 7.23. The number of halogens is 3. The van der Waals surface area contributed by atoms with Crippen LogP contribution in [0.3, 0.4) is 0 Å². The van der Waals surface area contributed by atoms with Gasteiger partial charge in [0.2, 0.25) is 0 Å². The molecule has 3 fully saturated rings. The summed E-state index contributed by atoms with van der Waals surface area (Å²) in [6.45, 7) is 15.1. The van der Waals surface area contributed by atoms with Gasteiger partial charge in [-0.25, -0.2) is 27.6 Å². The van der Waals surface area contributed by atoms with Crippen molar-refractivity contribution in [3.05, 3.63) is 46.0 Å². The monoisotopic (exact) mass is 796 g/mol. The molecule has 3 aromatic heterocycles. The number of amides is 2. The van der Waals surface area contributed by atoms with Gasteiger partial charge < -0.3 is 24.3 Å². The lowest BCUT2D eigenvalue weighted by Crippen LogP contribution is -2.39. The molecule has 0 saturated carbocycles. The second kappa shape index (κ2) is 15.2. The van der Waals surface area contributed by atoms with Crippen molar-refractivity contribution in [3.63, 3.8) is 0 Å². The number of nitrogens with zero attached hydrogens (tertiary/aromatic N) is 6. The van der Waals surface area contributed by atoms with Crippen LogP contribution in [0.4, 0.5) is 33.6 Å². The number of benzene rings is 1. The molecule has 2 unspecified atom stereocenters. The number of aromatic amines is 1. The number of thiophene rings is 1. The number of likely N-dealkylation sites (tertiary alicyclic amines) is 1. The predicted molar refractivity (Wildman–Crippen MR) is 209 cm³/mol. The molecule has 6 heterocycles. The van der Waals surface area contributed by atoms with E-state index in [1.807, 2.05) is 6.07 Å². The number of pyridine rings is 1. The molecule has 3 atom stereocenters. The van der Waals surface area contributed by atoms with Gasteiger partial charge in [-0.3, -0.25) is 15.2 Å². The van der Waals surface area contributed by atoms with E-state index in [-0.39, 0.29) is 60.2 Å². The first-order valence-corrected chi connectivity index (χ1v) is 19.3. The number of hydrogen-bond donors (Lipinski definition) is 2. The molecule has 13 nitrogen and oxygen atoms in total. The second-order valence-electron chi connectivity index (χ2n) is 16.7. The molecule has 1 aromatic carbocycles. The average Bonchev–Trinajstić information content (AvgIpc) is 3.86. The fourth-order valence-corrected chi connectivity index (χ4v) is 8.68. The van der Waals surface area contributed by atoms with Crippen LogP contribution in [0.1, 0.15) is 79.7 Å². The molecule has 2 N–H and O–H groups in total. The summed E-state index contributed by atoms with van der Waals surface area (Å²) in [4.78, 5) is 54.2. The number of rotatable bonds is 4. The second-order valence-corrected chi connectivity index (χ2v) is 17.8. The predicted octanol–water partition coefficient (Wildman–Crippen LogP) is 7.72. The van der Waals surface area contributed by atoms with Crippen molar-refractivity contribution in [1.29, 1.82) is 5.26 Å². The zero-order valence-electron chi connectivity index (χ0n) is 32.8. The Morgan fingerprint density at radius 3 is 2.50 bits per heavy atom. The largest absolute Gasteiger partial charge is 0.444 e. The van der Waals surface area contributed by atoms with Crippen LogP contribution in [0, 0.1) is 23.0 Å². The van der Waals surface area contributed by atoms with Gasteiger partial charge in [0.1, 0.15) is 45.8 Å². The standard InChI is InChI=1S/C31H33F2N7O5S.C8H14FN/c1-30(2,3)44-28(42)38-26-17(12-34)20-16(8-9-19(32)24(20)46-26)22-21(33)23-18(13-35-22)25(37-27(41)36-23)39(7)15-10-11-40(14-15)29(43)45-31(4,5)6;1-8-3-2-4-10(8)6-7(9)5-8/h8-9,13,15H,10-11,14H2,1-7H3,(H,38,42)(H,36,37,41);7H,2-6H2,1H3/t;7?,8-/m.0/s1. The number of carbonyl (C=O) groups excluding carboxylic acids is 2. The van der Waals surface area contributed by atoms with Crippen molar-refractivity contribution in [2.24, 2.45) is 0 Å². The first-order valence-electron chi connectivity index (χ1n) is 18.5. The number of fused-ring (bicyclic) bond motifs is 3. The highest BCUT2D eigenvalue weighted by atomic mass is 32.1. The Morgan fingerprint density at radius 2 is 1.84 bits per heavy atom. The molecule has 0 bridgehead atoms. The van der Waals surface area contributed by atoms with E-state index in [2.05, 4.69) is 32.1 Å². The number of anilines is 2. The van der Waals surface area contributed by atoms with Gasteiger partial charge in [0, 0.05) is 55.4 Å². The number of aromatic nitrogens is 3. The molecule has 4 aromatic rings. The van der Waals surface area contributed by atoms with Gasteiger partial charge in [0.25, 0.3) is 0 Å². The molecule has 300 valence electrons. The maximum absolute atomic E-state index is 16.3. The smallest absolute Gasteiger partial charge is 0.412 e. The third-order valence-corrected chi connectivity index (χ3v) is 11.3. The van der Waals surface area contributed by atoms with Gasteiger partial charge in [0.05, 0.1) is 21.2 Å². The third-order valence-electron chi connectivity index (χ3n) is 10.2. The third kappa shape index (κ3) is 8.41. The number of ether oxygens (including phenoxy) is 2. The summed E-state index contributed by atoms with van der Waals surface area (Å²) in [6.07, 6.45) is 3.29. The number of nitriles is 1. The summed E-state index contributed by atoms with van der Waals surface area (Å²) in [7, 11) is 1.70. The number of alkyl halides is 1. The van der Waals surface area contributed by atoms with Crippen molar-refractivity contribution in [3.8, 4) is 17.3 Å². The van der Waals surface area contributed by atoms with Crippen molar-refractivity contribution >= 4 is 55.3 Å². The number of nitrogens with one attached hydrogen (secondary N) is 2. The highest BCUT2D eigenvalue weighted by Gasteiger charge is 2.44. The number of hydrogen-bond acceptors (Lipinski definition) is 11. The summed E-state index contributed by atoms with van der Waals surface area (Å²) < 4.78 is 55.0. The summed E-state index contributed by atoms with van der Waals surface area (Å²) in [6, 6.07) is 4.14. The maximum Gasteiger partial charge on any atom is 0.412 e. The van der Waals surface area contributed by atoms with Crippen LogP contribution in [-0.2, 0) is 9.47 Å². The molecule has 17 heteroatoms. The zero-order valence-corrected chi connectivity index (χ0v) is 33.6. The van der Waals surface area contributed by atoms with E-state index in [1.165, 1.54) is 25.1 Å². The van der Waals surface area contributed by atoms with Crippen molar-refractivity contribution in [2.75, 3.05) is 43.4 Å². The minimum absolute atomic E-state index is 0.000764. The fraction of sp³-hybridized carbons (Fsp3) is 0.538. The van der Waals surface area contributed by atoms with E-state index in [0.717, 1.165) is 30.4 Å². The molecule has 3 aliphatic rings. The van der Waals surface area contributed by atoms with Crippen molar-refractivity contribution in [2.45, 2.75) is 103 Å². The van der Waals surface area contributed by atoms with Crippen LogP contribution in [0.2, 0.25) is 0 Å². The summed E-state index contributed by atoms with van der Waals surface area (Å²) in [5.41, 5.74) is -2.51. The minimum Gasteiger partial charge on any atom is -0.444 e. The van der Waals surface area contributed by atoms with Gasteiger partial charge in [-0.2, -0.15) is 10.2 Å². The van der Waals surface area contributed by atoms with Crippen LogP contribution >= 0.6 is 11.3 Å². The molecule has 0 spiro atoms. The summed E-state index contributed by atoms with van der Waals surface area (Å²) in [5, 5.41) is 12.8. The Hall–Kier alpha value is -4.95. The van der Waals surface area contributed by atoms with Crippen molar-refractivity contribution in [1.82, 2.24) is 24.8 Å². The van der Waals surface area contributed by atoms with Crippen LogP contribution < -0.4 is 15.9 Å². The Morgan fingerprint density at radius 1 is 1.12 bits per heavy atom. The topological polar surface area (TPSA) is 157 Å². The normalized spacial score (nSPS) is 21.1. The number of H-pyrrole nitrogens is 1. The minimum atomic E-state index is -0.918. The Balaban J connectivity index is 0.000000457. The van der Waals surface area contributed by atoms with E-state index in [0.29, 0.717) is 26.1 Å². The van der Waals surface area contributed by atoms with Crippen LogP contribution in [0.5, 0.6) is 0 Å². The lowest BCUT2D eigenvalue weighted by atomic mass is 9.97. The highest BCUT2D eigenvalue weighted by Crippen LogP contribution is 2.43. The fourth-order valence-electron chi connectivity index (χ4n) is 7.61. The molecule has 3 aliphatic heterocycles.